The molecule has 1 saturated carbocycles. The first-order valence-corrected chi connectivity index (χ1v) is 9.38. The molecule has 1 aromatic rings. The molecular weight excluding hydrogens is 333 g/mol. The Morgan fingerprint density at radius 3 is 2.33 bits per heavy atom. The third-order valence-electron chi connectivity index (χ3n) is 4.04. The third-order valence-corrected chi connectivity index (χ3v) is 5.67. The number of carbonyl (C=O) groups excluding carboxylic acids is 1. The molecule has 7 heteroatoms. The first kappa shape index (κ1) is 16.6. The van der Waals surface area contributed by atoms with Crippen LogP contribution in [-0.4, -0.2) is 14.3 Å². The van der Waals surface area contributed by atoms with Crippen LogP contribution in [0, 0.1) is 12.3 Å². The zero-order valence-electron chi connectivity index (χ0n) is 11.9. The van der Waals surface area contributed by atoms with Crippen LogP contribution < -0.4 is 5.32 Å². The molecule has 21 heavy (non-hydrogen) atoms. The molecule has 1 N–H and O–H groups in total. The van der Waals surface area contributed by atoms with Gasteiger partial charge < -0.3 is 5.32 Å². The minimum atomic E-state index is -3.85. The van der Waals surface area contributed by atoms with E-state index in [4.69, 9.17) is 22.3 Å². The van der Waals surface area contributed by atoms with Crippen LogP contribution in [0.1, 0.15) is 38.2 Å². The topological polar surface area (TPSA) is 63.2 Å². The van der Waals surface area contributed by atoms with Crippen molar-refractivity contribution in [2.24, 2.45) is 5.41 Å². The van der Waals surface area contributed by atoms with E-state index < -0.39 is 9.05 Å². The van der Waals surface area contributed by atoms with Crippen molar-refractivity contribution in [1.29, 1.82) is 0 Å². The third kappa shape index (κ3) is 3.52. The van der Waals surface area contributed by atoms with Crippen molar-refractivity contribution >= 4 is 42.9 Å². The summed E-state index contributed by atoms with van der Waals surface area (Å²) in [5.74, 6) is -0.0773. The second-order valence-electron chi connectivity index (χ2n) is 5.76. The van der Waals surface area contributed by atoms with E-state index in [1.807, 2.05) is 6.92 Å². The van der Waals surface area contributed by atoms with Gasteiger partial charge in [-0.15, -0.1) is 0 Å². The molecule has 1 aliphatic rings. The first-order chi connectivity index (χ1) is 9.63. The lowest BCUT2D eigenvalue weighted by molar-refractivity contribution is -0.124. The van der Waals surface area contributed by atoms with Gasteiger partial charge in [0.2, 0.25) is 5.91 Å². The van der Waals surface area contributed by atoms with Gasteiger partial charge in [0.1, 0.15) is 0 Å². The summed E-state index contributed by atoms with van der Waals surface area (Å²) in [7, 11) is 1.47. The molecule has 1 aromatic carbocycles. The van der Waals surface area contributed by atoms with Gasteiger partial charge in [-0.05, 0) is 37.5 Å². The van der Waals surface area contributed by atoms with Crippen LogP contribution in [0.15, 0.2) is 17.0 Å². The first-order valence-electron chi connectivity index (χ1n) is 6.70. The van der Waals surface area contributed by atoms with Gasteiger partial charge in [0.05, 0.1) is 15.6 Å². The standard InChI is InChI=1S/C14H17Cl2NO3S/c1-9-7-10(21(16,19)20)8-11(15)12(9)17-13(18)14(2)5-3-4-6-14/h7-8H,3-6H2,1-2H3,(H,17,18). The van der Waals surface area contributed by atoms with Gasteiger partial charge in [0.15, 0.2) is 0 Å². The molecule has 0 heterocycles. The van der Waals surface area contributed by atoms with Gasteiger partial charge in [-0.1, -0.05) is 31.4 Å². The Hall–Kier alpha value is -0.780. The molecule has 4 nitrogen and oxygen atoms in total. The second-order valence-corrected chi connectivity index (χ2v) is 8.73. The number of anilines is 1. The lowest BCUT2D eigenvalue weighted by Gasteiger charge is -2.23. The molecule has 0 aliphatic heterocycles. The van der Waals surface area contributed by atoms with Gasteiger partial charge in [-0.2, -0.15) is 0 Å². The van der Waals surface area contributed by atoms with Crippen LogP contribution in [0.25, 0.3) is 0 Å². The molecule has 0 atom stereocenters. The summed E-state index contributed by atoms with van der Waals surface area (Å²) in [5.41, 5.74) is 0.628. The zero-order chi connectivity index (χ0) is 15.8. The fourth-order valence-corrected chi connectivity index (χ4v) is 3.88. The number of hydrogen-bond donors (Lipinski definition) is 1. The highest BCUT2D eigenvalue weighted by molar-refractivity contribution is 8.13. The zero-order valence-corrected chi connectivity index (χ0v) is 14.2. The Labute approximate surface area is 134 Å². The van der Waals surface area contributed by atoms with E-state index in [2.05, 4.69) is 5.32 Å². The summed E-state index contributed by atoms with van der Waals surface area (Å²) in [6.07, 6.45) is 3.79. The van der Waals surface area contributed by atoms with Crippen LogP contribution in [-0.2, 0) is 13.8 Å². The number of rotatable bonds is 3. The normalized spacial score (nSPS) is 17.7. The van der Waals surface area contributed by atoms with Crippen LogP contribution in [0.2, 0.25) is 5.02 Å². The van der Waals surface area contributed by atoms with Gasteiger partial charge in [-0.3, -0.25) is 4.79 Å². The van der Waals surface area contributed by atoms with Crippen LogP contribution >= 0.6 is 22.3 Å². The quantitative estimate of drug-likeness (QED) is 0.835. The highest BCUT2D eigenvalue weighted by Gasteiger charge is 2.36. The summed E-state index contributed by atoms with van der Waals surface area (Å²) in [6.45, 7) is 3.63. The van der Waals surface area contributed by atoms with E-state index >= 15 is 0 Å². The van der Waals surface area contributed by atoms with E-state index in [-0.39, 0.29) is 21.2 Å². The summed E-state index contributed by atoms with van der Waals surface area (Å²) in [4.78, 5) is 12.3. The fraction of sp³-hybridized carbons (Fsp3) is 0.500. The molecular formula is C14H17Cl2NO3S. The second kappa shape index (κ2) is 5.78. The van der Waals surface area contributed by atoms with Crippen molar-refractivity contribution in [3.05, 3.63) is 22.7 Å². The summed E-state index contributed by atoms with van der Waals surface area (Å²) < 4.78 is 22.7. The van der Waals surface area contributed by atoms with Gasteiger partial charge in [0, 0.05) is 16.1 Å². The molecule has 0 bridgehead atoms. The lowest BCUT2D eigenvalue weighted by Crippen LogP contribution is -2.31. The Balaban J connectivity index is 2.31. The maximum absolute atomic E-state index is 12.4. The molecule has 0 aromatic heterocycles. The Kier molecular flexibility index (Phi) is 4.57. The van der Waals surface area contributed by atoms with Crippen molar-refractivity contribution < 1.29 is 13.2 Å². The molecule has 116 valence electrons. The summed E-state index contributed by atoms with van der Waals surface area (Å²) >= 11 is 6.10. The lowest BCUT2D eigenvalue weighted by atomic mass is 9.87. The minimum Gasteiger partial charge on any atom is -0.324 e. The van der Waals surface area contributed by atoms with E-state index in [0.29, 0.717) is 11.3 Å². The number of amides is 1. The number of carbonyl (C=O) groups is 1. The minimum absolute atomic E-state index is 0.0725. The van der Waals surface area contributed by atoms with Crippen LogP contribution in [0.5, 0.6) is 0 Å². The highest BCUT2D eigenvalue weighted by Crippen LogP contribution is 2.39. The van der Waals surface area contributed by atoms with Crippen LogP contribution in [0.3, 0.4) is 0 Å². The molecule has 0 unspecified atom stereocenters. The smallest absolute Gasteiger partial charge is 0.261 e. The van der Waals surface area contributed by atoms with Crippen molar-refractivity contribution in [2.45, 2.75) is 44.4 Å². The average molecular weight is 350 g/mol. The molecule has 1 aliphatic carbocycles. The number of halogens is 2. The van der Waals surface area contributed by atoms with Gasteiger partial charge >= 0.3 is 0 Å². The van der Waals surface area contributed by atoms with E-state index in [1.165, 1.54) is 12.1 Å². The van der Waals surface area contributed by atoms with Crippen molar-refractivity contribution in [1.82, 2.24) is 0 Å². The molecule has 0 spiro atoms. The van der Waals surface area contributed by atoms with E-state index in [0.717, 1.165) is 25.7 Å². The van der Waals surface area contributed by atoms with Crippen molar-refractivity contribution in [3.8, 4) is 0 Å². The number of aryl methyl sites for hydroxylation is 1. The maximum Gasteiger partial charge on any atom is 0.261 e. The molecule has 0 radical (unpaired) electrons. The Morgan fingerprint density at radius 2 is 1.86 bits per heavy atom. The number of benzene rings is 1. The summed E-state index contributed by atoms with van der Waals surface area (Å²) in [6, 6.07) is 2.66. The molecule has 0 saturated heterocycles. The largest absolute Gasteiger partial charge is 0.324 e. The van der Waals surface area contributed by atoms with Crippen molar-refractivity contribution in [2.75, 3.05) is 5.32 Å². The fourth-order valence-electron chi connectivity index (χ4n) is 2.66. The predicted octanol–water partition coefficient (Wildman–Crippen LogP) is 4.09. The number of nitrogens with one attached hydrogen (secondary N) is 1. The molecule has 2 rings (SSSR count). The predicted molar refractivity (Wildman–Crippen MR) is 84.4 cm³/mol. The average Bonchev–Trinajstić information content (AvgIpc) is 2.80. The SMILES string of the molecule is Cc1cc(S(=O)(=O)Cl)cc(Cl)c1NC(=O)C1(C)CCCC1. The molecule has 1 amide bonds. The van der Waals surface area contributed by atoms with Crippen molar-refractivity contribution in [3.63, 3.8) is 0 Å². The number of hydrogen-bond acceptors (Lipinski definition) is 3. The van der Waals surface area contributed by atoms with Gasteiger partial charge in [-0.25, -0.2) is 8.42 Å². The van der Waals surface area contributed by atoms with Crippen LogP contribution in [0.4, 0.5) is 5.69 Å². The Morgan fingerprint density at radius 1 is 1.29 bits per heavy atom. The van der Waals surface area contributed by atoms with Gasteiger partial charge in [0.25, 0.3) is 9.05 Å². The highest BCUT2D eigenvalue weighted by atomic mass is 35.7. The maximum atomic E-state index is 12.4. The Bertz CT molecular complexity index is 656. The van der Waals surface area contributed by atoms with E-state index in [1.54, 1.807) is 6.92 Å². The van der Waals surface area contributed by atoms with E-state index in [9.17, 15) is 13.2 Å². The monoisotopic (exact) mass is 349 g/mol. The molecule has 1 fully saturated rings. The summed E-state index contributed by atoms with van der Waals surface area (Å²) in [5, 5.41) is 3.00.